The number of imidazole rings is 1. The van der Waals surface area contributed by atoms with Gasteiger partial charge in [0.15, 0.2) is 11.5 Å². The second kappa shape index (κ2) is 7.11. The summed E-state index contributed by atoms with van der Waals surface area (Å²) in [4.78, 5) is 25.0. The van der Waals surface area contributed by atoms with E-state index in [0.29, 0.717) is 28.0 Å². The summed E-state index contributed by atoms with van der Waals surface area (Å²) in [6.45, 7) is 1.55. The van der Waals surface area contributed by atoms with Crippen LogP contribution in [-0.4, -0.2) is 25.4 Å². The predicted octanol–water partition coefficient (Wildman–Crippen LogP) is 3.84. The minimum atomic E-state index is -0.0225. The van der Waals surface area contributed by atoms with Crippen LogP contribution in [-0.2, 0) is 11.2 Å². The highest BCUT2D eigenvalue weighted by atomic mass is 35.5. The van der Waals surface area contributed by atoms with Crippen molar-refractivity contribution in [2.45, 2.75) is 25.8 Å². The molecule has 0 radical (unpaired) electrons. The normalized spacial score (nSPS) is 15.3. The average molecular weight is 419 g/mol. The molecule has 0 unspecified atom stereocenters. The van der Waals surface area contributed by atoms with E-state index in [1.807, 2.05) is 28.8 Å². The Kier molecular flexibility index (Phi) is 4.40. The molecule has 1 atom stereocenters. The molecule has 1 aliphatic rings. The highest BCUT2D eigenvalue weighted by Gasteiger charge is 2.25. The van der Waals surface area contributed by atoms with Gasteiger partial charge in [-0.2, -0.15) is 0 Å². The van der Waals surface area contributed by atoms with Crippen molar-refractivity contribution in [1.29, 1.82) is 0 Å². The molecule has 0 saturated heterocycles. The number of pyridine rings is 2. The van der Waals surface area contributed by atoms with Gasteiger partial charge < -0.3 is 11.1 Å². The van der Waals surface area contributed by atoms with Crippen molar-refractivity contribution in [2.75, 3.05) is 5.73 Å². The number of carbonyl (C=O) groups excluding carboxylic acids is 1. The highest BCUT2D eigenvalue weighted by molar-refractivity contribution is 6.29. The van der Waals surface area contributed by atoms with Crippen molar-refractivity contribution in [3.8, 4) is 17.1 Å². The molecule has 7 nitrogen and oxygen atoms in total. The monoisotopic (exact) mass is 418 g/mol. The maximum Gasteiger partial charge on any atom is 0.217 e. The molecule has 4 aromatic rings. The van der Waals surface area contributed by atoms with Crippen molar-refractivity contribution in [2.24, 2.45) is 0 Å². The zero-order chi connectivity index (χ0) is 20.8. The lowest BCUT2D eigenvalue weighted by atomic mass is 10.1. The summed E-state index contributed by atoms with van der Waals surface area (Å²) in [7, 11) is 0. The number of nitrogens with two attached hydrogens (primary N) is 1. The summed E-state index contributed by atoms with van der Waals surface area (Å²) >= 11 is 6.20. The number of anilines is 1. The Morgan fingerprint density at radius 2 is 2.10 bits per heavy atom. The lowest BCUT2D eigenvalue weighted by Crippen LogP contribution is -2.24. The number of nitrogens with zero attached hydrogens (tertiary/aromatic N) is 4. The minimum Gasteiger partial charge on any atom is -0.383 e. The zero-order valence-electron chi connectivity index (χ0n) is 16.3. The number of rotatable bonds is 3. The molecular weight excluding hydrogens is 400 g/mol. The van der Waals surface area contributed by atoms with Crippen LogP contribution in [0.15, 0.2) is 48.7 Å². The number of aromatic nitrogens is 4. The smallest absolute Gasteiger partial charge is 0.217 e. The number of benzene rings is 1. The Bertz CT molecular complexity index is 1300. The summed E-state index contributed by atoms with van der Waals surface area (Å²) in [6.07, 6.45) is 3.42. The molecule has 30 heavy (non-hydrogen) atoms. The van der Waals surface area contributed by atoms with Crippen LogP contribution in [0.3, 0.4) is 0 Å². The summed E-state index contributed by atoms with van der Waals surface area (Å²) < 4.78 is 1.96. The molecule has 0 bridgehead atoms. The van der Waals surface area contributed by atoms with E-state index >= 15 is 0 Å². The Morgan fingerprint density at radius 3 is 2.90 bits per heavy atom. The van der Waals surface area contributed by atoms with E-state index in [2.05, 4.69) is 27.4 Å². The molecule has 1 aliphatic carbocycles. The zero-order valence-corrected chi connectivity index (χ0v) is 17.0. The van der Waals surface area contributed by atoms with E-state index in [9.17, 15) is 4.79 Å². The van der Waals surface area contributed by atoms with E-state index in [1.54, 1.807) is 19.2 Å². The number of halogens is 1. The van der Waals surface area contributed by atoms with Crippen molar-refractivity contribution < 1.29 is 4.79 Å². The molecule has 3 N–H and O–H groups in total. The Balaban J connectivity index is 1.71. The van der Waals surface area contributed by atoms with Crippen LogP contribution >= 0.6 is 11.6 Å². The maximum atomic E-state index is 11.5. The number of fused-ring (bicyclic) bond motifs is 2. The molecule has 8 heteroatoms. The van der Waals surface area contributed by atoms with Crippen LogP contribution in [0.4, 0.5) is 5.82 Å². The van der Waals surface area contributed by atoms with Crippen molar-refractivity contribution >= 4 is 34.5 Å². The molecule has 0 aliphatic heterocycles. The molecule has 1 amide bonds. The van der Waals surface area contributed by atoms with Gasteiger partial charge >= 0.3 is 0 Å². The lowest BCUT2D eigenvalue weighted by Gasteiger charge is -2.14. The van der Waals surface area contributed by atoms with Gasteiger partial charge in [0.25, 0.3) is 0 Å². The van der Waals surface area contributed by atoms with E-state index in [0.717, 1.165) is 29.7 Å². The maximum absolute atomic E-state index is 11.5. The van der Waals surface area contributed by atoms with Gasteiger partial charge in [0.2, 0.25) is 5.91 Å². The largest absolute Gasteiger partial charge is 0.383 e. The van der Waals surface area contributed by atoms with Gasteiger partial charge in [-0.3, -0.25) is 9.36 Å². The summed E-state index contributed by atoms with van der Waals surface area (Å²) in [5.74, 6) is 1.03. The first-order valence-electron chi connectivity index (χ1n) is 9.67. The van der Waals surface area contributed by atoms with Gasteiger partial charge in [-0.15, -0.1) is 0 Å². The minimum absolute atomic E-state index is 0.0225. The quantitative estimate of drug-likeness (QED) is 0.492. The van der Waals surface area contributed by atoms with Crippen molar-refractivity contribution in [1.82, 2.24) is 24.8 Å². The number of hydrogen-bond acceptors (Lipinski definition) is 5. The van der Waals surface area contributed by atoms with E-state index in [1.165, 1.54) is 5.56 Å². The van der Waals surface area contributed by atoms with Crippen LogP contribution in [0, 0.1) is 0 Å². The summed E-state index contributed by atoms with van der Waals surface area (Å²) in [5, 5.41) is 3.41. The Labute approximate surface area is 177 Å². The molecular formula is C22H19ClN6O. The van der Waals surface area contributed by atoms with Gasteiger partial charge in [0, 0.05) is 18.8 Å². The van der Waals surface area contributed by atoms with Gasteiger partial charge in [0.1, 0.15) is 16.5 Å². The topological polar surface area (TPSA) is 98.7 Å². The number of aryl methyl sites for hydroxylation is 1. The molecule has 0 spiro atoms. The SMILES string of the molecule is CC(=O)N[C@H]1CCc2cc(-n3c(-c4cccnc4N)nc4ccc(Cl)nc43)ccc21. The van der Waals surface area contributed by atoms with E-state index in [-0.39, 0.29) is 11.9 Å². The fourth-order valence-electron chi connectivity index (χ4n) is 4.10. The standard InChI is InChI=1S/C22H19ClN6O/c1-12(30)26-17-7-4-13-11-14(5-6-15(13)17)29-21(16-3-2-10-25-20(16)24)27-18-8-9-19(23)28-22(18)29/h2-3,5-6,8-11,17H,4,7H2,1H3,(H2,24,25)(H,26,30)/t17-/m0/s1. The first-order chi connectivity index (χ1) is 14.5. The van der Waals surface area contributed by atoms with E-state index in [4.69, 9.17) is 22.3 Å². The highest BCUT2D eigenvalue weighted by Crippen LogP contribution is 2.35. The summed E-state index contributed by atoms with van der Waals surface area (Å²) in [6, 6.07) is 13.5. The van der Waals surface area contributed by atoms with Crippen molar-refractivity contribution in [3.63, 3.8) is 0 Å². The summed E-state index contributed by atoms with van der Waals surface area (Å²) in [5.41, 5.74) is 11.5. The first kappa shape index (κ1) is 18.6. The van der Waals surface area contributed by atoms with Crippen LogP contribution in [0.5, 0.6) is 0 Å². The Hall–Kier alpha value is -3.45. The second-order valence-corrected chi connectivity index (χ2v) is 7.75. The molecule has 0 saturated carbocycles. The average Bonchev–Trinajstić information content (AvgIpc) is 3.28. The third-order valence-corrected chi connectivity index (χ3v) is 5.60. The molecule has 150 valence electrons. The van der Waals surface area contributed by atoms with Gasteiger partial charge in [-0.1, -0.05) is 17.7 Å². The number of nitrogens with one attached hydrogen (secondary N) is 1. The van der Waals surface area contributed by atoms with Crippen LogP contribution in [0.2, 0.25) is 5.15 Å². The molecule has 3 aromatic heterocycles. The second-order valence-electron chi connectivity index (χ2n) is 7.36. The third kappa shape index (κ3) is 3.07. The van der Waals surface area contributed by atoms with E-state index < -0.39 is 0 Å². The number of carbonyl (C=O) groups is 1. The fraction of sp³-hybridized carbons (Fsp3) is 0.182. The molecule has 5 rings (SSSR count). The van der Waals surface area contributed by atoms with Crippen LogP contribution in [0.1, 0.15) is 30.5 Å². The molecule has 3 heterocycles. The molecule has 1 aromatic carbocycles. The van der Waals surface area contributed by atoms with Crippen LogP contribution < -0.4 is 11.1 Å². The number of hydrogen-bond donors (Lipinski definition) is 2. The number of amides is 1. The fourth-order valence-corrected chi connectivity index (χ4v) is 4.25. The predicted molar refractivity (Wildman–Crippen MR) is 116 cm³/mol. The van der Waals surface area contributed by atoms with Gasteiger partial charge in [-0.05, 0) is 60.4 Å². The lowest BCUT2D eigenvalue weighted by molar-refractivity contribution is -0.119. The van der Waals surface area contributed by atoms with Crippen LogP contribution in [0.25, 0.3) is 28.2 Å². The third-order valence-electron chi connectivity index (χ3n) is 5.39. The first-order valence-corrected chi connectivity index (χ1v) is 10.1. The molecule has 0 fully saturated rings. The van der Waals surface area contributed by atoms with Gasteiger partial charge in [0.05, 0.1) is 11.6 Å². The van der Waals surface area contributed by atoms with Crippen molar-refractivity contribution in [3.05, 3.63) is 64.9 Å². The number of nitrogen functional groups attached to an aromatic ring is 1. The Morgan fingerprint density at radius 1 is 1.23 bits per heavy atom. The van der Waals surface area contributed by atoms with Gasteiger partial charge in [-0.25, -0.2) is 15.0 Å².